The van der Waals surface area contributed by atoms with Crippen LogP contribution in [0.25, 0.3) is 0 Å². The third-order valence-electron chi connectivity index (χ3n) is 3.93. The molecule has 2 rings (SSSR count). The van der Waals surface area contributed by atoms with E-state index in [0.29, 0.717) is 0 Å². The summed E-state index contributed by atoms with van der Waals surface area (Å²) in [5.41, 5.74) is -1.97. The molecule has 0 aliphatic heterocycles. The summed E-state index contributed by atoms with van der Waals surface area (Å²) in [7, 11) is 0. The molecule has 2 aliphatic rings. The highest BCUT2D eigenvalue weighted by atomic mass is 16.3. The lowest BCUT2D eigenvalue weighted by molar-refractivity contribution is 0.0291. The zero-order chi connectivity index (χ0) is 14.7. The third kappa shape index (κ3) is 1.46. The molecule has 104 valence electrons. The van der Waals surface area contributed by atoms with Crippen LogP contribution in [0.15, 0.2) is 45.5 Å². The SMILES string of the molecule is CC1=C(O)C2=C(O)C(O)=C(C)C(C)(O)C2C(O)=C1O. The number of allylic oxidation sites excluding steroid dienone is 2. The van der Waals surface area contributed by atoms with Crippen LogP contribution < -0.4 is 0 Å². The average Bonchev–Trinajstić information content (AvgIpc) is 2.35. The number of aliphatic hydroxyl groups excluding tert-OH is 5. The second-order valence-electron chi connectivity index (χ2n) is 5.02. The van der Waals surface area contributed by atoms with Crippen molar-refractivity contribution in [1.82, 2.24) is 0 Å². The van der Waals surface area contributed by atoms with Crippen molar-refractivity contribution in [2.24, 2.45) is 5.92 Å². The molecule has 6 N–H and O–H groups in total. The molecule has 0 radical (unpaired) electrons. The van der Waals surface area contributed by atoms with Crippen molar-refractivity contribution in [3.63, 3.8) is 0 Å². The first-order valence-electron chi connectivity index (χ1n) is 5.71. The van der Waals surface area contributed by atoms with E-state index in [2.05, 4.69) is 0 Å². The minimum absolute atomic E-state index is 0.0328. The maximum Gasteiger partial charge on any atom is 0.165 e. The summed E-state index contributed by atoms with van der Waals surface area (Å²) in [5.74, 6) is -4.00. The summed E-state index contributed by atoms with van der Waals surface area (Å²) >= 11 is 0. The number of hydrogen-bond acceptors (Lipinski definition) is 6. The van der Waals surface area contributed by atoms with Crippen LogP contribution in [0.2, 0.25) is 0 Å². The Balaban J connectivity index is 2.85. The summed E-state index contributed by atoms with van der Waals surface area (Å²) in [6.07, 6.45) is 0. The molecule has 19 heavy (non-hydrogen) atoms. The molecule has 0 fully saturated rings. The van der Waals surface area contributed by atoms with Crippen LogP contribution in [0.5, 0.6) is 0 Å². The number of fused-ring (bicyclic) bond motifs is 1. The fraction of sp³-hybridized carbons (Fsp3) is 0.385. The van der Waals surface area contributed by atoms with Gasteiger partial charge in [0.15, 0.2) is 17.3 Å². The van der Waals surface area contributed by atoms with Crippen molar-refractivity contribution in [2.45, 2.75) is 26.4 Å². The van der Waals surface area contributed by atoms with E-state index in [0.717, 1.165) is 0 Å². The molecule has 0 heterocycles. The molecule has 6 heteroatoms. The van der Waals surface area contributed by atoms with Crippen molar-refractivity contribution in [3.05, 3.63) is 45.5 Å². The maximum atomic E-state index is 10.4. The highest BCUT2D eigenvalue weighted by Gasteiger charge is 2.50. The Hall–Kier alpha value is -2.08. The first-order chi connectivity index (χ1) is 8.62. The van der Waals surface area contributed by atoms with E-state index in [9.17, 15) is 30.6 Å². The molecular weight excluding hydrogens is 252 g/mol. The van der Waals surface area contributed by atoms with Gasteiger partial charge < -0.3 is 30.6 Å². The Bertz CT molecular complexity index is 588. The molecule has 0 aromatic heterocycles. The average molecular weight is 268 g/mol. The molecule has 2 unspecified atom stereocenters. The van der Waals surface area contributed by atoms with Gasteiger partial charge in [0.25, 0.3) is 0 Å². The molecule has 0 saturated heterocycles. The summed E-state index contributed by atoms with van der Waals surface area (Å²) in [5, 5.41) is 59.8. The second kappa shape index (κ2) is 3.71. The molecule has 0 spiro atoms. The standard InChI is InChI=1S/C13H16O6/c1-4-8(14)6-7(12(18)9(4)15)13(3,19)5(2)10(16)11(6)17/h7,14-19H,1-3H3. The van der Waals surface area contributed by atoms with Gasteiger partial charge in [0.1, 0.15) is 17.1 Å². The monoisotopic (exact) mass is 268 g/mol. The van der Waals surface area contributed by atoms with Gasteiger partial charge in [-0.15, -0.1) is 0 Å². The molecule has 0 aromatic rings. The quantitative estimate of drug-likeness (QED) is 0.400. The van der Waals surface area contributed by atoms with Crippen molar-refractivity contribution < 1.29 is 30.6 Å². The van der Waals surface area contributed by atoms with Crippen molar-refractivity contribution >= 4 is 0 Å². The topological polar surface area (TPSA) is 121 Å². The minimum atomic E-state index is -1.75. The lowest BCUT2D eigenvalue weighted by atomic mass is 9.69. The van der Waals surface area contributed by atoms with Gasteiger partial charge in [-0.3, -0.25) is 0 Å². The van der Waals surface area contributed by atoms with Gasteiger partial charge in [0, 0.05) is 11.1 Å². The van der Waals surface area contributed by atoms with Gasteiger partial charge in [0.05, 0.1) is 11.5 Å². The molecular formula is C13H16O6. The summed E-state index contributed by atoms with van der Waals surface area (Å²) in [4.78, 5) is 0. The molecule has 2 atom stereocenters. The zero-order valence-corrected chi connectivity index (χ0v) is 10.8. The lowest BCUT2D eigenvalue weighted by Gasteiger charge is -2.40. The van der Waals surface area contributed by atoms with Gasteiger partial charge in [-0.05, 0) is 20.8 Å². The smallest absolute Gasteiger partial charge is 0.165 e. The van der Waals surface area contributed by atoms with Gasteiger partial charge in [-0.1, -0.05) is 0 Å². The van der Waals surface area contributed by atoms with Crippen LogP contribution in [-0.2, 0) is 0 Å². The Kier molecular flexibility index (Phi) is 2.61. The van der Waals surface area contributed by atoms with E-state index in [4.69, 9.17) is 0 Å². The third-order valence-corrected chi connectivity index (χ3v) is 3.93. The molecule has 0 amide bonds. The van der Waals surface area contributed by atoms with Crippen LogP contribution in [0.4, 0.5) is 0 Å². The lowest BCUT2D eigenvalue weighted by Crippen LogP contribution is -2.44. The predicted octanol–water partition coefficient (Wildman–Crippen LogP) is 2.18. The van der Waals surface area contributed by atoms with E-state index in [1.54, 1.807) is 0 Å². The van der Waals surface area contributed by atoms with Crippen LogP contribution in [-0.4, -0.2) is 36.2 Å². The first kappa shape index (κ1) is 13.4. The molecule has 0 saturated carbocycles. The zero-order valence-electron chi connectivity index (χ0n) is 10.8. The van der Waals surface area contributed by atoms with Crippen LogP contribution in [0.1, 0.15) is 20.8 Å². The summed E-state index contributed by atoms with van der Waals surface area (Å²) in [6, 6.07) is 0. The van der Waals surface area contributed by atoms with E-state index in [1.807, 2.05) is 0 Å². The van der Waals surface area contributed by atoms with Crippen molar-refractivity contribution in [2.75, 3.05) is 0 Å². The molecule has 0 bridgehead atoms. The molecule has 0 aromatic carbocycles. The van der Waals surface area contributed by atoms with Gasteiger partial charge >= 0.3 is 0 Å². The minimum Gasteiger partial charge on any atom is -0.508 e. The Morgan fingerprint density at radius 2 is 1.37 bits per heavy atom. The molecule has 2 aliphatic carbocycles. The maximum absolute atomic E-state index is 10.4. The van der Waals surface area contributed by atoms with E-state index in [1.165, 1.54) is 20.8 Å². The van der Waals surface area contributed by atoms with Crippen LogP contribution >= 0.6 is 0 Å². The van der Waals surface area contributed by atoms with E-state index in [-0.39, 0.29) is 16.7 Å². The van der Waals surface area contributed by atoms with Crippen LogP contribution in [0, 0.1) is 5.92 Å². The van der Waals surface area contributed by atoms with Gasteiger partial charge in [0.2, 0.25) is 0 Å². The Morgan fingerprint density at radius 3 is 1.89 bits per heavy atom. The molecule has 6 nitrogen and oxygen atoms in total. The second-order valence-corrected chi connectivity index (χ2v) is 5.02. The fourth-order valence-corrected chi connectivity index (χ4v) is 2.47. The summed E-state index contributed by atoms with van der Waals surface area (Å²) < 4.78 is 0. The summed E-state index contributed by atoms with van der Waals surface area (Å²) in [6.45, 7) is 4.04. The van der Waals surface area contributed by atoms with E-state index < -0.39 is 40.3 Å². The normalized spacial score (nSPS) is 32.1. The fourth-order valence-electron chi connectivity index (χ4n) is 2.47. The number of hydrogen-bond donors (Lipinski definition) is 6. The number of aliphatic hydroxyl groups is 6. The van der Waals surface area contributed by atoms with Gasteiger partial charge in [-0.2, -0.15) is 0 Å². The predicted molar refractivity (Wildman–Crippen MR) is 66.7 cm³/mol. The largest absolute Gasteiger partial charge is 0.508 e. The first-order valence-corrected chi connectivity index (χ1v) is 5.71. The highest BCUT2D eigenvalue weighted by Crippen LogP contribution is 2.49. The van der Waals surface area contributed by atoms with Crippen molar-refractivity contribution in [3.8, 4) is 0 Å². The van der Waals surface area contributed by atoms with Crippen LogP contribution in [0.3, 0.4) is 0 Å². The Morgan fingerprint density at radius 1 is 0.842 bits per heavy atom. The Labute approximate surface area is 109 Å². The number of rotatable bonds is 0. The van der Waals surface area contributed by atoms with Crippen molar-refractivity contribution in [1.29, 1.82) is 0 Å². The van der Waals surface area contributed by atoms with E-state index >= 15 is 0 Å². The van der Waals surface area contributed by atoms with Gasteiger partial charge in [-0.25, -0.2) is 0 Å². The highest BCUT2D eigenvalue weighted by molar-refractivity contribution is 5.56.